The molecule has 8 nitrogen and oxygen atoms in total. The minimum Gasteiger partial charge on any atom is -0.329 e. The molecule has 0 radical (unpaired) electrons. The molecule has 5 rings (SSSR count). The molecule has 0 spiro atoms. The Morgan fingerprint density at radius 3 is 2.79 bits per heavy atom. The van der Waals surface area contributed by atoms with Crippen LogP contribution < -0.4 is 5.56 Å². The van der Waals surface area contributed by atoms with Gasteiger partial charge in [0.2, 0.25) is 0 Å². The summed E-state index contributed by atoms with van der Waals surface area (Å²) in [5.41, 5.74) is 2.66. The number of para-hydroxylation sites is 1. The van der Waals surface area contributed by atoms with Crippen molar-refractivity contribution < 1.29 is 0 Å². The summed E-state index contributed by atoms with van der Waals surface area (Å²) in [4.78, 5) is 37.7. The molecule has 0 atom stereocenters. The van der Waals surface area contributed by atoms with Gasteiger partial charge in [0, 0.05) is 12.4 Å². The van der Waals surface area contributed by atoms with Gasteiger partial charge in [-0.15, -0.1) is 0 Å². The van der Waals surface area contributed by atoms with Crippen molar-refractivity contribution in [1.82, 2.24) is 34.5 Å². The van der Waals surface area contributed by atoms with Gasteiger partial charge in [-0.1, -0.05) is 23.9 Å². The van der Waals surface area contributed by atoms with E-state index in [1.165, 1.54) is 18.1 Å². The Balaban J connectivity index is 1.64. The first-order valence-corrected chi connectivity index (χ1v) is 9.48. The molecule has 1 aromatic carbocycles. The van der Waals surface area contributed by atoms with E-state index in [0.717, 1.165) is 10.7 Å². The van der Waals surface area contributed by atoms with Gasteiger partial charge in [-0.2, -0.15) is 0 Å². The van der Waals surface area contributed by atoms with Crippen molar-refractivity contribution in [2.75, 3.05) is 0 Å². The summed E-state index contributed by atoms with van der Waals surface area (Å²) in [7, 11) is 0. The molecule has 1 N–H and O–H groups in total. The highest BCUT2D eigenvalue weighted by Gasteiger charge is 2.14. The van der Waals surface area contributed by atoms with Crippen LogP contribution in [-0.4, -0.2) is 34.5 Å². The third kappa shape index (κ3) is 2.81. The van der Waals surface area contributed by atoms with E-state index in [0.29, 0.717) is 33.6 Å². The fourth-order valence-corrected chi connectivity index (χ4v) is 3.88. The molecule has 4 heterocycles. The van der Waals surface area contributed by atoms with Crippen LogP contribution in [-0.2, 0) is 5.75 Å². The van der Waals surface area contributed by atoms with E-state index in [1.807, 2.05) is 18.2 Å². The van der Waals surface area contributed by atoms with Crippen molar-refractivity contribution in [3.05, 3.63) is 77.6 Å². The Kier molecular flexibility index (Phi) is 4.06. The van der Waals surface area contributed by atoms with E-state index in [1.54, 1.807) is 41.5 Å². The Labute approximate surface area is 162 Å². The molecule has 0 bridgehead atoms. The summed E-state index contributed by atoms with van der Waals surface area (Å²) in [5.74, 6) is 1.07. The zero-order valence-electron chi connectivity index (χ0n) is 14.5. The SMILES string of the molecule is O=c1c2ccccc2nc(CSc2ncnc3[nH]cnc23)n1-c1ccncc1. The van der Waals surface area contributed by atoms with Crippen LogP contribution in [0.5, 0.6) is 0 Å². The number of imidazole rings is 1. The lowest BCUT2D eigenvalue weighted by Gasteiger charge is -2.13. The normalized spacial score (nSPS) is 11.3. The molecular weight excluding hydrogens is 374 g/mol. The van der Waals surface area contributed by atoms with Crippen molar-refractivity contribution in [1.29, 1.82) is 0 Å². The number of aromatic amines is 1. The summed E-state index contributed by atoms with van der Waals surface area (Å²) in [5, 5.41) is 1.31. The van der Waals surface area contributed by atoms with Crippen LogP contribution in [0.25, 0.3) is 27.8 Å². The van der Waals surface area contributed by atoms with Crippen molar-refractivity contribution in [3.8, 4) is 5.69 Å². The Bertz CT molecular complexity index is 1350. The van der Waals surface area contributed by atoms with Crippen LogP contribution in [0.1, 0.15) is 5.82 Å². The minimum absolute atomic E-state index is 0.111. The average Bonchev–Trinajstić information content (AvgIpc) is 3.22. The second kappa shape index (κ2) is 6.86. The maximum Gasteiger partial charge on any atom is 0.265 e. The van der Waals surface area contributed by atoms with Crippen molar-refractivity contribution in [3.63, 3.8) is 0 Å². The van der Waals surface area contributed by atoms with Crippen LogP contribution in [0.3, 0.4) is 0 Å². The highest BCUT2D eigenvalue weighted by atomic mass is 32.2. The van der Waals surface area contributed by atoms with Crippen LogP contribution in [0.4, 0.5) is 0 Å². The molecule has 0 aliphatic heterocycles. The number of hydrogen-bond donors (Lipinski definition) is 1. The first-order chi connectivity index (χ1) is 13.8. The topological polar surface area (TPSA) is 102 Å². The number of nitrogens with zero attached hydrogens (tertiary/aromatic N) is 6. The molecule has 4 aromatic heterocycles. The average molecular weight is 387 g/mol. The van der Waals surface area contributed by atoms with E-state index in [2.05, 4.69) is 24.9 Å². The smallest absolute Gasteiger partial charge is 0.265 e. The molecule has 0 saturated carbocycles. The van der Waals surface area contributed by atoms with Gasteiger partial charge < -0.3 is 4.98 Å². The third-order valence-electron chi connectivity index (χ3n) is 4.29. The van der Waals surface area contributed by atoms with Gasteiger partial charge in [0.15, 0.2) is 5.65 Å². The van der Waals surface area contributed by atoms with Crippen LogP contribution >= 0.6 is 11.8 Å². The molecular formula is C19H13N7OS. The van der Waals surface area contributed by atoms with E-state index in [9.17, 15) is 4.79 Å². The van der Waals surface area contributed by atoms with Crippen molar-refractivity contribution in [2.24, 2.45) is 0 Å². The van der Waals surface area contributed by atoms with Gasteiger partial charge >= 0.3 is 0 Å². The van der Waals surface area contributed by atoms with Crippen molar-refractivity contribution >= 4 is 33.8 Å². The van der Waals surface area contributed by atoms with Crippen LogP contribution in [0.15, 0.2) is 71.3 Å². The van der Waals surface area contributed by atoms with Gasteiger partial charge in [-0.05, 0) is 24.3 Å². The van der Waals surface area contributed by atoms with E-state index in [4.69, 9.17) is 4.98 Å². The predicted octanol–water partition coefficient (Wildman–Crippen LogP) is 2.74. The summed E-state index contributed by atoms with van der Waals surface area (Å²) in [6.45, 7) is 0. The maximum atomic E-state index is 13.2. The molecule has 0 unspecified atom stereocenters. The third-order valence-corrected chi connectivity index (χ3v) is 5.26. The Morgan fingerprint density at radius 1 is 1.04 bits per heavy atom. The van der Waals surface area contributed by atoms with E-state index in [-0.39, 0.29) is 5.56 Å². The van der Waals surface area contributed by atoms with E-state index >= 15 is 0 Å². The zero-order valence-corrected chi connectivity index (χ0v) is 15.3. The number of fused-ring (bicyclic) bond motifs is 2. The fraction of sp³-hybridized carbons (Fsp3) is 0.0526. The standard InChI is InChI=1S/C19H13N7OS/c27-19-13-3-1-2-4-14(13)25-15(26(19)12-5-7-20-8-6-12)9-28-18-16-17(22-10-21-16)23-11-24-18/h1-8,10-11H,9H2,(H,21,22,23,24). The van der Waals surface area contributed by atoms with Gasteiger partial charge in [-0.25, -0.2) is 19.9 Å². The predicted molar refractivity (Wildman–Crippen MR) is 106 cm³/mol. The molecule has 0 fully saturated rings. The van der Waals surface area contributed by atoms with Gasteiger partial charge in [0.25, 0.3) is 5.56 Å². The molecule has 28 heavy (non-hydrogen) atoms. The van der Waals surface area contributed by atoms with Crippen LogP contribution in [0, 0.1) is 0 Å². The zero-order chi connectivity index (χ0) is 18.9. The van der Waals surface area contributed by atoms with Crippen LogP contribution in [0.2, 0.25) is 0 Å². The lowest BCUT2D eigenvalue weighted by Crippen LogP contribution is -2.23. The maximum absolute atomic E-state index is 13.2. The molecule has 0 amide bonds. The number of thioether (sulfide) groups is 1. The lowest BCUT2D eigenvalue weighted by molar-refractivity contribution is 0.880. The number of aromatic nitrogens is 7. The summed E-state index contributed by atoms with van der Waals surface area (Å²) < 4.78 is 1.62. The molecule has 0 saturated heterocycles. The highest BCUT2D eigenvalue weighted by molar-refractivity contribution is 7.98. The van der Waals surface area contributed by atoms with Gasteiger partial charge in [0.05, 0.1) is 28.7 Å². The Hall–Kier alpha value is -3.59. The molecule has 136 valence electrons. The van der Waals surface area contributed by atoms with Gasteiger partial charge in [-0.3, -0.25) is 14.3 Å². The fourth-order valence-electron chi connectivity index (χ4n) is 3.02. The van der Waals surface area contributed by atoms with Gasteiger partial charge in [0.1, 0.15) is 22.7 Å². The number of hydrogen-bond acceptors (Lipinski definition) is 7. The summed E-state index contributed by atoms with van der Waals surface area (Å²) in [6, 6.07) is 10.9. The molecule has 0 aliphatic carbocycles. The number of rotatable bonds is 4. The number of nitrogens with one attached hydrogen (secondary N) is 1. The van der Waals surface area contributed by atoms with Crippen molar-refractivity contribution in [2.45, 2.75) is 10.8 Å². The summed E-state index contributed by atoms with van der Waals surface area (Å²) >= 11 is 1.46. The minimum atomic E-state index is -0.111. The quantitative estimate of drug-likeness (QED) is 0.374. The largest absolute Gasteiger partial charge is 0.329 e. The number of H-pyrrole nitrogens is 1. The lowest BCUT2D eigenvalue weighted by atomic mass is 10.2. The molecule has 9 heteroatoms. The first-order valence-electron chi connectivity index (χ1n) is 8.49. The number of benzene rings is 1. The Morgan fingerprint density at radius 2 is 1.89 bits per heavy atom. The first kappa shape index (κ1) is 16.6. The second-order valence-electron chi connectivity index (χ2n) is 5.96. The highest BCUT2D eigenvalue weighted by Crippen LogP contribution is 2.26. The molecule has 5 aromatic rings. The second-order valence-corrected chi connectivity index (χ2v) is 6.92. The van der Waals surface area contributed by atoms with E-state index < -0.39 is 0 Å². The summed E-state index contributed by atoms with van der Waals surface area (Å²) in [6.07, 6.45) is 6.40. The number of pyridine rings is 1. The molecule has 0 aliphatic rings. The monoisotopic (exact) mass is 387 g/mol.